The van der Waals surface area contributed by atoms with Crippen LogP contribution in [0.1, 0.15) is 32.3 Å². The first-order chi connectivity index (χ1) is 10.1. The molecule has 2 unspecified atom stereocenters. The molecule has 0 saturated carbocycles. The van der Waals surface area contributed by atoms with Gasteiger partial charge in [-0.05, 0) is 43.4 Å². The predicted octanol–water partition coefficient (Wildman–Crippen LogP) is 3.70. The molecule has 1 N–H and O–H groups in total. The van der Waals surface area contributed by atoms with Gasteiger partial charge in [0.25, 0.3) is 0 Å². The minimum atomic E-state index is 0.565. The lowest BCUT2D eigenvalue weighted by molar-refractivity contribution is 0.199. The van der Waals surface area contributed by atoms with E-state index in [-0.39, 0.29) is 0 Å². The van der Waals surface area contributed by atoms with Gasteiger partial charge in [0.15, 0.2) is 0 Å². The zero-order chi connectivity index (χ0) is 15.2. The number of hydrogen-bond acceptors (Lipinski definition) is 3. The van der Waals surface area contributed by atoms with Gasteiger partial charge in [-0.3, -0.25) is 0 Å². The zero-order valence-corrected chi connectivity index (χ0v) is 14.1. The molecule has 0 amide bonds. The fraction of sp³-hybridized carbons (Fsp3) is 0.647. The van der Waals surface area contributed by atoms with Crippen LogP contribution >= 0.6 is 11.6 Å². The van der Waals surface area contributed by atoms with Crippen molar-refractivity contribution in [2.75, 3.05) is 31.7 Å². The van der Waals surface area contributed by atoms with Gasteiger partial charge in [0.05, 0.1) is 6.61 Å². The first-order valence-electron chi connectivity index (χ1n) is 7.88. The van der Waals surface area contributed by atoms with Gasteiger partial charge in [0.2, 0.25) is 0 Å². The SMILES string of the molecule is COCCNCc1ccc(Cl)cc1N1CCCC(C)C1C. The molecule has 1 aliphatic heterocycles. The van der Waals surface area contributed by atoms with Crippen molar-refractivity contribution in [1.29, 1.82) is 0 Å². The Balaban J connectivity index is 2.14. The Labute approximate surface area is 133 Å². The van der Waals surface area contributed by atoms with E-state index in [1.807, 2.05) is 6.07 Å². The molecule has 0 aliphatic carbocycles. The molecule has 1 heterocycles. The van der Waals surface area contributed by atoms with Crippen molar-refractivity contribution in [2.24, 2.45) is 5.92 Å². The number of hydrogen-bond donors (Lipinski definition) is 1. The van der Waals surface area contributed by atoms with Crippen LogP contribution in [-0.4, -0.2) is 32.8 Å². The van der Waals surface area contributed by atoms with Crippen LogP contribution in [0.15, 0.2) is 18.2 Å². The quantitative estimate of drug-likeness (QED) is 0.811. The summed E-state index contributed by atoms with van der Waals surface area (Å²) in [5, 5.41) is 4.25. The van der Waals surface area contributed by atoms with E-state index in [1.165, 1.54) is 24.1 Å². The molecule has 0 spiro atoms. The molecule has 2 rings (SSSR count). The normalized spacial score (nSPS) is 22.6. The van der Waals surface area contributed by atoms with Crippen molar-refractivity contribution >= 4 is 17.3 Å². The average Bonchev–Trinajstić information content (AvgIpc) is 2.48. The molecule has 2 atom stereocenters. The van der Waals surface area contributed by atoms with E-state index >= 15 is 0 Å². The van der Waals surface area contributed by atoms with Crippen LogP contribution in [-0.2, 0) is 11.3 Å². The number of anilines is 1. The standard InChI is InChI=1S/C17H27ClN2O/c1-13-5-4-9-20(14(13)2)17-11-16(18)7-6-15(17)12-19-8-10-21-3/h6-7,11,13-14,19H,4-5,8-10,12H2,1-3H3. The average molecular weight is 311 g/mol. The van der Waals surface area contributed by atoms with Gasteiger partial charge < -0.3 is 15.0 Å². The summed E-state index contributed by atoms with van der Waals surface area (Å²) in [4.78, 5) is 2.52. The Kier molecular flexibility index (Phi) is 6.34. The maximum Gasteiger partial charge on any atom is 0.0587 e. The van der Waals surface area contributed by atoms with E-state index < -0.39 is 0 Å². The van der Waals surface area contributed by atoms with Gasteiger partial charge in [-0.25, -0.2) is 0 Å². The van der Waals surface area contributed by atoms with Crippen LogP contribution in [0.3, 0.4) is 0 Å². The molecule has 0 radical (unpaired) electrons. The van der Waals surface area contributed by atoms with Crippen molar-refractivity contribution in [3.8, 4) is 0 Å². The molecule has 1 fully saturated rings. The van der Waals surface area contributed by atoms with Crippen LogP contribution in [0.4, 0.5) is 5.69 Å². The molecule has 1 aromatic carbocycles. The van der Waals surface area contributed by atoms with E-state index in [2.05, 4.69) is 36.2 Å². The lowest BCUT2D eigenvalue weighted by Gasteiger charge is -2.40. The Hall–Kier alpha value is -0.770. The molecule has 1 saturated heterocycles. The Morgan fingerprint density at radius 2 is 2.19 bits per heavy atom. The van der Waals surface area contributed by atoms with Gasteiger partial charge >= 0.3 is 0 Å². The second kappa shape index (κ2) is 8.02. The van der Waals surface area contributed by atoms with Crippen molar-refractivity contribution in [3.05, 3.63) is 28.8 Å². The third-order valence-electron chi connectivity index (χ3n) is 4.53. The fourth-order valence-electron chi connectivity index (χ4n) is 3.03. The highest BCUT2D eigenvalue weighted by atomic mass is 35.5. The summed E-state index contributed by atoms with van der Waals surface area (Å²) >= 11 is 6.24. The summed E-state index contributed by atoms with van der Waals surface area (Å²) in [6.45, 7) is 8.25. The molecule has 0 aromatic heterocycles. The second-order valence-electron chi connectivity index (χ2n) is 6.00. The molecule has 21 heavy (non-hydrogen) atoms. The second-order valence-corrected chi connectivity index (χ2v) is 6.43. The monoisotopic (exact) mass is 310 g/mol. The lowest BCUT2D eigenvalue weighted by atomic mass is 9.91. The van der Waals surface area contributed by atoms with E-state index in [0.29, 0.717) is 6.04 Å². The van der Waals surface area contributed by atoms with Gasteiger partial charge in [0.1, 0.15) is 0 Å². The minimum absolute atomic E-state index is 0.565. The highest BCUT2D eigenvalue weighted by molar-refractivity contribution is 6.30. The van der Waals surface area contributed by atoms with Crippen LogP contribution in [0.25, 0.3) is 0 Å². The third-order valence-corrected chi connectivity index (χ3v) is 4.76. The highest BCUT2D eigenvalue weighted by Gasteiger charge is 2.26. The molecule has 3 nitrogen and oxygen atoms in total. The zero-order valence-electron chi connectivity index (χ0n) is 13.4. The van der Waals surface area contributed by atoms with Gasteiger partial charge in [-0.15, -0.1) is 0 Å². The van der Waals surface area contributed by atoms with Crippen molar-refractivity contribution < 1.29 is 4.74 Å². The smallest absolute Gasteiger partial charge is 0.0587 e. The molecule has 118 valence electrons. The molecule has 1 aliphatic rings. The van der Waals surface area contributed by atoms with Gasteiger partial charge in [-0.2, -0.15) is 0 Å². The predicted molar refractivity (Wildman–Crippen MR) is 90.2 cm³/mol. The molecule has 0 bridgehead atoms. The molecular formula is C17H27ClN2O. The van der Waals surface area contributed by atoms with E-state index in [0.717, 1.165) is 37.2 Å². The van der Waals surface area contributed by atoms with E-state index in [4.69, 9.17) is 16.3 Å². The molecule has 1 aromatic rings. The number of nitrogens with one attached hydrogen (secondary N) is 1. The number of benzene rings is 1. The first-order valence-corrected chi connectivity index (χ1v) is 8.26. The maximum absolute atomic E-state index is 6.24. The number of rotatable bonds is 6. The first kappa shape index (κ1) is 16.6. The lowest BCUT2D eigenvalue weighted by Crippen LogP contribution is -2.43. The van der Waals surface area contributed by atoms with Crippen molar-refractivity contribution in [3.63, 3.8) is 0 Å². The maximum atomic E-state index is 6.24. The Morgan fingerprint density at radius 3 is 2.95 bits per heavy atom. The Morgan fingerprint density at radius 1 is 1.38 bits per heavy atom. The summed E-state index contributed by atoms with van der Waals surface area (Å²) in [7, 11) is 1.73. The topological polar surface area (TPSA) is 24.5 Å². The summed E-state index contributed by atoms with van der Waals surface area (Å²) in [5.41, 5.74) is 2.60. The molecule has 4 heteroatoms. The summed E-state index contributed by atoms with van der Waals surface area (Å²) in [5.74, 6) is 0.729. The third kappa shape index (κ3) is 4.35. The number of ether oxygens (including phenoxy) is 1. The summed E-state index contributed by atoms with van der Waals surface area (Å²) in [6, 6.07) is 6.80. The van der Waals surface area contributed by atoms with Crippen molar-refractivity contribution in [1.82, 2.24) is 5.32 Å². The van der Waals surface area contributed by atoms with Gasteiger partial charge in [0, 0.05) is 43.5 Å². The van der Waals surface area contributed by atoms with Crippen LogP contribution < -0.4 is 10.2 Å². The summed E-state index contributed by atoms with van der Waals surface area (Å²) in [6.07, 6.45) is 2.58. The number of halogens is 1. The van der Waals surface area contributed by atoms with Crippen LogP contribution in [0.5, 0.6) is 0 Å². The number of piperidine rings is 1. The van der Waals surface area contributed by atoms with E-state index in [1.54, 1.807) is 7.11 Å². The van der Waals surface area contributed by atoms with Crippen molar-refractivity contribution in [2.45, 2.75) is 39.3 Å². The highest BCUT2D eigenvalue weighted by Crippen LogP contribution is 2.32. The number of nitrogens with zero attached hydrogens (tertiary/aromatic N) is 1. The Bertz CT molecular complexity index is 452. The number of methoxy groups -OCH3 is 1. The van der Waals surface area contributed by atoms with E-state index in [9.17, 15) is 0 Å². The molecular weight excluding hydrogens is 284 g/mol. The van der Waals surface area contributed by atoms with Gasteiger partial charge in [-0.1, -0.05) is 24.6 Å². The summed E-state index contributed by atoms with van der Waals surface area (Å²) < 4.78 is 5.08. The largest absolute Gasteiger partial charge is 0.383 e. The minimum Gasteiger partial charge on any atom is -0.383 e. The van der Waals surface area contributed by atoms with Crippen LogP contribution in [0, 0.1) is 5.92 Å². The fourth-order valence-corrected chi connectivity index (χ4v) is 3.19. The van der Waals surface area contributed by atoms with Crippen LogP contribution in [0.2, 0.25) is 5.02 Å².